The maximum Gasteiger partial charge on any atom is 0.136 e. The van der Waals surface area contributed by atoms with Crippen LogP contribution in [0, 0.1) is 0 Å². The zero-order valence-electron chi connectivity index (χ0n) is 107. The van der Waals surface area contributed by atoms with Gasteiger partial charge in [-0.15, -0.1) is 0 Å². The van der Waals surface area contributed by atoms with Crippen LogP contribution in [-0.2, 0) is 0 Å². The Morgan fingerprint density at radius 1 is 0.163 bits per heavy atom. The molecule has 0 spiro atoms. The van der Waals surface area contributed by atoms with Gasteiger partial charge in [-0.3, -0.25) is 0 Å². The Morgan fingerprint density at radius 2 is 0.459 bits per heavy atom. The first kappa shape index (κ1) is 22.9. The first-order valence-electron chi connectivity index (χ1n) is 58.1. The van der Waals surface area contributed by atoms with Crippen LogP contribution in [0.15, 0.2) is 359 Å². The molecule has 0 aliphatic carbocycles. The molecule has 2 nitrogen and oxygen atoms in total. The number of hydrogen-bond donors (Lipinski definition) is 0. The normalized spacial score (nSPS) is 20.2. The summed E-state index contributed by atoms with van der Waals surface area (Å²) in [6, 6.07) is -53.4. The Balaban J connectivity index is 0.000000188. The summed E-state index contributed by atoms with van der Waals surface area (Å²) in [6.07, 6.45) is 0. The van der Waals surface area contributed by atoms with E-state index in [0.29, 0.717) is 0 Å². The van der Waals surface area contributed by atoms with Gasteiger partial charge in [0, 0.05) is 21.5 Å². The fourth-order valence-electron chi connectivity index (χ4n) is 12.0. The SMILES string of the molecule is [2H]c1c([2H])c(-c2c3c([2H])c([2H])c([2H])c([2H])c3c(-c3c([2H])c([2H])c([2H])c4oc5c([2H])c6c([2H])c([2H])c([2H])c([2H])c6c([2H])c5c34)c3c([2H])c([2H])c([2H])c([2H])c23)c([2H])c([2H])c1-c1c([2H])c([2H])c2c([2H])c([2H])c([2H])c([2H])c2c1[2H].[2H]c1c([2H])c(-c2c3c([2H])c([2H])c([2H])c([2H])c3c(-c3c([2H])c([2H])c([2H])c4oc5c([2H])c6c([2H])c([2H])c([2H])c([2H])c6c([2H])c5c34)c3c([2H])c([2H])c([2H])c([2H])c23)c([2H])c([2H])c1-c1c([2H])c([2H])c2c(c1[2H])c([2H])c([2H])c1c([2H])c([2H])c([2H])c([2H])c12. The van der Waals surface area contributed by atoms with Gasteiger partial charge in [0.05, 0.1) is 79.5 Å². The van der Waals surface area contributed by atoms with Crippen molar-refractivity contribution in [2.45, 2.75) is 0 Å². The first-order chi connectivity index (χ1) is 72.8. The molecule has 0 N–H and O–H groups in total. The fourth-order valence-corrected chi connectivity index (χ4v) is 12.0. The molecule has 21 aromatic rings. The van der Waals surface area contributed by atoms with E-state index < -0.39 is 558 Å². The van der Waals surface area contributed by atoms with Crippen LogP contribution in [0.25, 0.3) is 208 Å². The third-order valence-corrected chi connectivity index (χ3v) is 16.2. The summed E-state index contributed by atoms with van der Waals surface area (Å²) in [6.45, 7) is 0. The zero-order chi connectivity index (χ0) is 115. The molecule has 21 rings (SSSR count). The standard InChI is InChI=1S/C50H30O.C46H28O/c1-2-12-35-30-47-45(29-34(35)11-1)50-44(18-9-19-46(50)51-47)49-42-16-7-5-14-40(42)48(41-15-6-8-17-43(41)49)33-23-20-31(21-24-33)36-26-27-39-37(28-36)25-22-32-10-3-4-13-38(32)39;1-2-11-32-26-35(25-22-29(32)10-1)30-20-23-31(24-21-30)44-36-14-5-7-16-38(36)45(39-17-8-6-15-37(39)44)40-18-9-19-42-46(40)41-27-33-12-3-4-13-34(33)28-43(41)47-42/h1-30H;1-28H/i1D,2D,3D,4D,5D,6D,7D,8D,9D,10D,11D,12D,13D,14D,15D,16D,17D,18D,19D,20D,21D,22D,23D,24D,25D,26D,27D,28D,29D,30D;1D,2D,3D,4D,5D,6D,7D,8D,9D,10D,11D,12D,13D,14D,15D,16D,17D,18D,19D,20D,21D,22D,23D,24D,25D,26D,27D,28D. The molecule has 0 bridgehead atoms. The molecule has 0 saturated heterocycles. The van der Waals surface area contributed by atoms with Gasteiger partial charge < -0.3 is 8.83 Å². The highest BCUT2D eigenvalue weighted by Crippen LogP contribution is 2.50. The molecule has 2 aromatic heterocycles. The van der Waals surface area contributed by atoms with Gasteiger partial charge in [-0.2, -0.15) is 0 Å². The van der Waals surface area contributed by atoms with Gasteiger partial charge in [0.15, 0.2) is 0 Å². The maximum absolute atomic E-state index is 9.66. The minimum atomic E-state index is -1.14. The van der Waals surface area contributed by atoms with Gasteiger partial charge in [0.25, 0.3) is 0 Å². The van der Waals surface area contributed by atoms with Crippen molar-refractivity contribution < 1.29 is 88.3 Å². The Labute approximate surface area is 646 Å². The highest BCUT2D eigenvalue weighted by molar-refractivity contribution is 6.28. The highest BCUT2D eigenvalue weighted by Gasteiger charge is 2.23. The van der Waals surface area contributed by atoms with Crippen molar-refractivity contribution in [1.29, 1.82) is 0 Å². The molecule has 0 aliphatic heterocycles. The van der Waals surface area contributed by atoms with Crippen LogP contribution in [-0.4, -0.2) is 0 Å². The molecule has 0 aliphatic rings. The molecule has 2 heteroatoms. The fraction of sp³-hybridized carbons (Fsp3) is 0. The van der Waals surface area contributed by atoms with Gasteiger partial charge in [0.1, 0.15) is 22.3 Å². The first-order valence-corrected chi connectivity index (χ1v) is 29.1. The van der Waals surface area contributed by atoms with E-state index in [9.17, 15) is 34.3 Å². The Morgan fingerprint density at radius 3 is 0.898 bits per heavy atom. The van der Waals surface area contributed by atoms with Gasteiger partial charge >= 0.3 is 0 Å². The largest absolute Gasteiger partial charge is 0.456 e. The van der Waals surface area contributed by atoms with Crippen molar-refractivity contribution in [1.82, 2.24) is 0 Å². The van der Waals surface area contributed by atoms with Gasteiger partial charge in [0.2, 0.25) is 0 Å². The average molecular weight is 1300 g/mol. The summed E-state index contributed by atoms with van der Waals surface area (Å²) >= 11 is 0. The van der Waals surface area contributed by atoms with Crippen LogP contribution >= 0.6 is 0 Å². The van der Waals surface area contributed by atoms with Gasteiger partial charge in [-0.25, -0.2) is 0 Å². The van der Waals surface area contributed by atoms with Crippen LogP contribution in [0.3, 0.4) is 0 Å². The minimum Gasteiger partial charge on any atom is -0.456 e. The number of furan rings is 2. The van der Waals surface area contributed by atoms with Crippen LogP contribution in [0.4, 0.5) is 0 Å². The van der Waals surface area contributed by atoms with Crippen molar-refractivity contribution in [2.75, 3.05) is 0 Å². The Bertz CT molecular complexity index is 10300. The number of benzene rings is 19. The average Bonchev–Trinajstić information content (AvgIpc) is 1.30. The summed E-state index contributed by atoms with van der Waals surface area (Å²) in [5.41, 5.74) is -12.0. The smallest absolute Gasteiger partial charge is 0.136 e. The lowest BCUT2D eigenvalue weighted by Gasteiger charge is -2.18. The summed E-state index contributed by atoms with van der Waals surface area (Å²) in [5.74, 6) is 0. The van der Waals surface area contributed by atoms with E-state index in [-0.39, 0.29) is 0 Å². The molecular formula is C96H58O2. The quantitative estimate of drug-likeness (QED) is 0.123. The molecule has 0 atom stereocenters. The molecule has 0 amide bonds. The van der Waals surface area contributed by atoms with E-state index in [1.807, 2.05) is 0 Å². The minimum absolute atomic E-state index is 0.483. The second kappa shape index (κ2) is 22.4. The van der Waals surface area contributed by atoms with Crippen molar-refractivity contribution in [3.8, 4) is 66.8 Å². The Hall–Kier alpha value is -12.9. The molecule has 454 valence electrons. The lowest BCUT2D eigenvalue weighted by Crippen LogP contribution is -1.91. The predicted octanol–water partition coefficient (Wildman–Crippen LogP) is 27.6. The molecule has 0 saturated carbocycles. The van der Waals surface area contributed by atoms with E-state index in [1.165, 1.54) is 0 Å². The zero-order valence-corrected chi connectivity index (χ0v) is 48.8. The third kappa shape index (κ3) is 8.96. The second-order valence-corrected chi connectivity index (χ2v) is 21.5. The highest BCUT2D eigenvalue weighted by atomic mass is 16.3. The summed E-state index contributed by atoms with van der Waals surface area (Å²) in [5, 5.41) is -13.5. The summed E-state index contributed by atoms with van der Waals surface area (Å²) in [7, 11) is 0. The predicted molar refractivity (Wildman–Crippen MR) is 418 cm³/mol. The Kier molecular flexibility index (Phi) is 5.24. The van der Waals surface area contributed by atoms with Crippen molar-refractivity contribution in [3.05, 3.63) is 350 Å². The number of fused-ring (bicyclic) bond motifs is 16. The third-order valence-electron chi connectivity index (χ3n) is 16.2. The lowest BCUT2D eigenvalue weighted by molar-refractivity contribution is 0.669. The van der Waals surface area contributed by atoms with Gasteiger partial charge in [-0.1, -0.05) is 302 Å². The van der Waals surface area contributed by atoms with Crippen LogP contribution < -0.4 is 0 Å². The van der Waals surface area contributed by atoms with E-state index in [4.69, 9.17) is 54.1 Å². The number of rotatable bonds is 6. The van der Waals surface area contributed by atoms with E-state index in [1.54, 1.807) is 0 Å². The molecule has 0 unspecified atom stereocenters. The lowest BCUT2D eigenvalue weighted by atomic mass is 9.84. The molecule has 98 heavy (non-hydrogen) atoms. The molecular weight excluding hydrogens is 1190 g/mol. The molecule has 0 radical (unpaired) electrons. The van der Waals surface area contributed by atoms with Crippen LogP contribution in [0.5, 0.6) is 0 Å². The molecule has 2 heterocycles. The van der Waals surface area contributed by atoms with E-state index in [0.717, 1.165) is 0 Å². The summed E-state index contributed by atoms with van der Waals surface area (Å²) < 4.78 is 536. The number of hydrogen-bond acceptors (Lipinski definition) is 2. The molecule has 19 aromatic carbocycles. The molecule has 0 fully saturated rings. The van der Waals surface area contributed by atoms with Crippen LogP contribution in [0.1, 0.15) is 79.5 Å². The van der Waals surface area contributed by atoms with Crippen LogP contribution in [0.2, 0.25) is 0 Å². The second-order valence-electron chi connectivity index (χ2n) is 21.5. The van der Waals surface area contributed by atoms with Crippen molar-refractivity contribution in [3.63, 3.8) is 0 Å². The van der Waals surface area contributed by atoms with E-state index in [2.05, 4.69) is 0 Å². The monoisotopic (exact) mass is 1300 g/mol. The van der Waals surface area contributed by atoms with Crippen molar-refractivity contribution >= 4 is 141 Å². The van der Waals surface area contributed by atoms with Crippen molar-refractivity contribution in [2.24, 2.45) is 0 Å². The topological polar surface area (TPSA) is 26.3 Å². The van der Waals surface area contributed by atoms with Gasteiger partial charge in [-0.05, 0) is 212 Å². The van der Waals surface area contributed by atoms with E-state index >= 15 is 0 Å². The maximum atomic E-state index is 9.66. The summed E-state index contributed by atoms with van der Waals surface area (Å²) in [4.78, 5) is 0.